The number of nitrogens with zero attached hydrogens (tertiary/aromatic N) is 1. The standard InChI is InChI=1S/C21H21ClN2O2S/c1-3-15-6-4-5-14(2)21(15)24-19(25)11-17-13-27-20(23-17)12-26-18-9-7-16(22)8-10-18/h4-10,13H,3,11-12H2,1-2H3,(H,24,25). The van der Waals surface area contributed by atoms with Crippen LogP contribution in [-0.2, 0) is 24.2 Å². The molecule has 3 rings (SSSR count). The van der Waals surface area contributed by atoms with E-state index < -0.39 is 0 Å². The molecule has 0 atom stereocenters. The molecule has 1 N–H and O–H groups in total. The lowest BCUT2D eigenvalue weighted by molar-refractivity contribution is -0.115. The maximum absolute atomic E-state index is 12.4. The van der Waals surface area contributed by atoms with E-state index in [-0.39, 0.29) is 12.3 Å². The average Bonchev–Trinajstić information content (AvgIpc) is 3.10. The SMILES string of the molecule is CCc1cccc(C)c1NC(=O)Cc1csc(COc2ccc(Cl)cc2)n1. The van der Waals surface area contributed by atoms with Gasteiger partial charge in [-0.2, -0.15) is 0 Å². The maximum Gasteiger partial charge on any atom is 0.230 e. The van der Waals surface area contributed by atoms with Crippen molar-refractivity contribution in [3.05, 3.63) is 74.7 Å². The lowest BCUT2D eigenvalue weighted by atomic mass is 10.1. The van der Waals surface area contributed by atoms with Gasteiger partial charge in [-0.15, -0.1) is 11.3 Å². The lowest BCUT2D eigenvalue weighted by Crippen LogP contribution is -2.16. The van der Waals surface area contributed by atoms with Crippen LogP contribution in [0.5, 0.6) is 5.75 Å². The Bertz CT molecular complexity index is 922. The van der Waals surface area contributed by atoms with Crippen molar-refractivity contribution in [2.45, 2.75) is 33.3 Å². The van der Waals surface area contributed by atoms with Gasteiger partial charge < -0.3 is 10.1 Å². The van der Waals surface area contributed by atoms with E-state index in [1.807, 2.05) is 42.6 Å². The summed E-state index contributed by atoms with van der Waals surface area (Å²) in [5.74, 6) is 0.676. The van der Waals surface area contributed by atoms with Crippen molar-refractivity contribution in [3.8, 4) is 5.75 Å². The molecule has 140 valence electrons. The Kier molecular flexibility index (Phi) is 6.48. The van der Waals surface area contributed by atoms with Crippen molar-refractivity contribution in [3.63, 3.8) is 0 Å². The molecule has 0 bridgehead atoms. The Hall–Kier alpha value is -2.37. The van der Waals surface area contributed by atoms with Gasteiger partial charge in [0.2, 0.25) is 5.91 Å². The summed E-state index contributed by atoms with van der Waals surface area (Å²) in [5, 5.41) is 6.44. The van der Waals surface area contributed by atoms with Gasteiger partial charge in [0.1, 0.15) is 17.4 Å². The van der Waals surface area contributed by atoms with Crippen LogP contribution in [0.3, 0.4) is 0 Å². The first-order valence-corrected chi connectivity index (χ1v) is 10.0. The molecule has 0 spiro atoms. The molecule has 0 radical (unpaired) electrons. The first-order valence-electron chi connectivity index (χ1n) is 8.75. The van der Waals surface area contributed by atoms with Gasteiger partial charge in [-0.25, -0.2) is 4.98 Å². The van der Waals surface area contributed by atoms with Gasteiger partial charge in [0, 0.05) is 16.1 Å². The number of carbonyl (C=O) groups excluding carboxylic acids is 1. The molecular weight excluding hydrogens is 380 g/mol. The third-order valence-corrected chi connectivity index (χ3v) is 5.24. The molecule has 0 fully saturated rings. The van der Waals surface area contributed by atoms with Gasteiger partial charge in [-0.3, -0.25) is 4.79 Å². The highest BCUT2D eigenvalue weighted by Gasteiger charge is 2.12. The summed E-state index contributed by atoms with van der Waals surface area (Å²) in [7, 11) is 0. The second kappa shape index (κ2) is 9.02. The van der Waals surface area contributed by atoms with Gasteiger partial charge in [0.05, 0.1) is 12.1 Å². The summed E-state index contributed by atoms with van der Waals surface area (Å²) < 4.78 is 5.70. The number of anilines is 1. The summed E-state index contributed by atoms with van der Waals surface area (Å²) in [4.78, 5) is 16.9. The van der Waals surface area contributed by atoms with Gasteiger partial charge in [0.15, 0.2) is 0 Å². The Balaban J connectivity index is 1.57. The number of hydrogen-bond acceptors (Lipinski definition) is 4. The van der Waals surface area contributed by atoms with Crippen molar-refractivity contribution in [1.29, 1.82) is 0 Å². The van der Waals surface area contributed by atoms with Crippen molar-refractivity contribution < 1.29 is 9.53 Å². The predicted molar refractivity (Wildman–Crippen MR) is 111 cm³/mol. The zero-order valence-electron chi connectivity index (χ0n) is 15.3. The molecule has 2 aromatic carbocycles. The highest BCUT2D eigenvalue weighted by atomic mass is 35.5. The average molecular weight is 401 g/mol. The number of nitrogens with one attached hydrogen (secondary N) is 1. The number of hydrogen-bond donors (Lipinski definition) is 1. The van der Waals surface area contributed by atoms with Crippen LogP contribution in [0.2, 0.25) is 5.02 Å². The lowest BCUT2D eigenvalue weighted by Gasteiger charge is -2.12. The fourth-order valence-corrected chi connectivity index (χ4v) is 3.55. The highest BCUT2D eigenvalue weighted by molar-refractivity contribution is 7.09. The van der Waals surface area contributed by atoms with Crippen LogP contribution in [0.4, 0.5) is 5.69 Å². The van der Waals surface area contributed by atoms with Crippen molar-refractivity contribution >= 4 is 34.5 Å². The van der Waals surface area contributed by atoms with Crippen LogP contribution >= 0.6 is 22.9 Å². The number of aryl methyl sites for hydroxylation is 2. The molecule has 0 unspecified atom stereocenters. The van der Waals surface area contributed by atoms with Crippen LogP contribution in [0.15, 0.2) is 47.8 Å². The first-order chi connectivity index (χ1) is 13.0. The van der Waals surface area contributed by atoms with E-state index in [0.717, 1.165) is 39.7 Å². The van der Waals surface area contributed by atoms with E-state index >= 15 is 0 Å². The molecule has 6 heteroatoms. The Morgan fingerprint density at radius 3 is 2.74 bits per heavy atom. The first kappa shape index (κ1) is 19.4. The van der Waals surface area contributed by atoms with E-state index in [9.17, 15) is 4.79 Å². The summed E-state index contributed by atoms with van der Waals surface area (Å²) in [6.45, 7) is 4.45. The molecule has 0 saturated heterocycles. The van der Waals surface area contributed by atoms with Gasteiger partial charge in [-0.05, 0) is 48.7 Å². The van der Waals surface area contributed by atoms with Gasteiger partial charge >= 0.3 is 0 Å². The summed E-state index contributed by atoms with van der Waals surface area (Å²) in [5.41, 5.74) is 3.86. The summed E-state index contributed by atoms with van der Waals surface area (Å²) >= 11 is 7.35. The number of para-hydroxylation sites is 1. The van der Waals surface area contributed by atoms with E-state index in [2.05, 4.69) is 17.2 Å². The molecule has 0 aliphatic rings. The largest absolute Gasteiger partial charge is 0.486 e. The second-order valence-electron chi connectivity index (χ2n) is 6.16. The van der Waals surface area contributed by atoms with E-state index in [1.54, 1.807) is 12.1 Å². The van der Waals surface area contributed by atoms with E-state index in [1.165, 1.54) is 11.3 Å². The third-order valence-electron chi connectivity index (χ3n) is 4.12. The maximum atomic E-state index is 12.4. The Labute approximate surface area is 168 Å². The molecule has 27 heavy (non-hydrogen) atoms. The summed E-state index contributed by atoms with van der Waals surface area (Å²) in [6.07, 6.45) is 1.12. The molecule has 1 aromatic heterocycles. The number of benzene rings is 2. The monoisotopic (exact) mass is 400 g/mol. The Morgan fingerprint density at radius 1 is 1.22 bits per heavy atom. The Morgan fingerprint density at radius 2 is 2.00 bits per heavy atom. The van der Waals surface area contributed by atoms with E-state index in [0.29, 0.717) is 11.6 Å². The molecule has 0 aliphatic carbocycles. The molecule has 4 nitrogen and oxygen atoms in total. The zero-order chi connectivity index (χ0) is 19.2. The van der Waals surface area contributed by atoms with E-state index in [4.69, 9.17) is 16.3 Å². The fraction of sp³-hybridized carbons (Fsp3) is 0.238. The number of thiazole rings is 1. The number of rotatable bonds is 7. The highest BCUT2D eigenvalue weighted by Crippen LogP contribution is 2.22. The van der Waals surface area contributed by atoms with Crippen molar-refractivity contribution in [2.24, 2.45) is 0 Å². The molecular formula is C21H21ClN2O2S. The minimum atomic E-state index is -0.0607. The van der Waals surface area contributed by atoms with Crippen LogP contribution in [0, 0.1) is 6.92 Å². The molecule has 0 saturated carbocycles. The summed E-state index contributed by atoms with van der Waals surface area (Å²) in [6, 6.07) is 13.3. The number of halogens is 1. The number of ether oxygens (including phenoxy) is 1. The molecule has 1 amide bonds. The third kappa shape index (κ3) is 5.31. The van der Waals surface area contributed by atoms with Crippen molar-refractivity contribution in [2.75, 3.05) is 5.32 Å². The minimum absolute atomic E-state index is 0.0607. The van der Waals surface area contributed by atoms with Crippen LogP contribution in [-0.4, -0.2) is 10.9 Å². The number of carbonyl (C=O) groups is 1. The number of aromatic nitrogens is 1. The smallest absolute Gasteiger partial charge is 0.230 e. The quantitative estimate of drug-likeness (QED) is 0.575. The van der Waals surface area contributed by atoms with Gasteiger partial charge in [0.25, 0.3) is 0 Å². The second-order valence-corrected chi connectivity index (χ2v) is 7.54. The van der Waals surface area contributed by atoms with Crippen LogP contribution in [0.1, 0.15) is 28.8 Å². The predicted octanol–water partition coefficient (Wildman–Crippen LogP) is 5.43. The number of amides is 1. The molecule has 0 aliphatic heterocycles. The molecule has 1 heterocycles. The minimum Gasteiger partial charge on any atom is -0.486 e. The molecule has 3 aromatic rings. The zero-order valence-corrected chi connectivity index (χ0v) is 16.9. The fourth-order valence-electron chi connectivity index (χ4n) is 2.72. The van der Waals surface area contributed by atoms with Crippen LogP contribution in [0.25, 0.3) is 0 Å². The topological polar surface area (TPSA) is 51.2 Å². The van der Waals surface area contributed by atoms with Crippen molar-refractivity contribution in [1.82, 2.24) is 4.98 Å². The normalized spacial score (nSPS) is 10.6. The van der Waals surface area contributed by atoms with Crippen LogP contribution < -0.4 is 10.1 Å². The van der Waals surface area contributed by atoms with Gasteiger partial charge in [-0.1, -0.05) is 36.7 Å².